The molecule has 0 aliphatic carbocycles. The molecular formula is C13H21NO3. The lowest BCUT2D eigenvalue weighted by atomic mass is 10.2. The molecule has 1 rings (SSSR count). The molecule has 0 aliphatic rings. The van der Waals surface area contributed by atoms with Crippen LogP contribution in [-0.2, 0) is 4.74 Å². The summed E-state index contributed by atoms with van der Waals surface area (Å²) in [4.78, 5) is 0. The number of anilines is 1. The van der Waals surface area contributed by atoms with E-state index in [1.807, 2.05) is 20.8 Å². The first-order valence-electron chi connectivity index (χ1n) is 5.67. The van der Waals surface area contributed by atoms with E-state index in [0.717, 1.165) is 0 Å². The van der Waals surface area contributed by atoms with Gasteiger partial charge in [-0.25, -0.2) is 0 Å². The minimum atomic E-state index is -0.633. The van der Waals surface area contributed by atoms with E-state index in [1.165, 1.54) is 0 Å². The second-order valence-electron chi connectivity index (χ2n) is 4.96. The Labute approximate surface area is 102 Å². The molecule has 3 N–H and O–H groups in total. The van der Waals surface area contributed by atoms with Crippen LogP contribution in [0, 0.1) is 0 Å². The first kappa shape index (κ1) is 13.8. The molecule has 0 heterocycles. The summed E-state index contributed by atoms with van der Waals surface area (Å²) in [5.41, 5.74) is 5.99. The number of hydrogen-bond donors (Lipinski definition) is 2. The van der Waals surface area contributed by atoms with Crippen molar-refractivity contribution in [3.05, 3.63) is 24.3 Å². The van der Waals surface area contributed by atoms with Crippen LogP contribution >= 0.6 is 0 Å². The van der Waals surface area contributed by atoms with E-state index in [1.54, 1.807) is 24.3 Å². The van der Waals surface area contributed by atoms with Crippen molar-refractivity contribution in [1.82, 2.24) is 0 Å². The van der Waals surface area contributed by atoms with E-state index in [-0.39, 0.29) is 18.8 Å². The molecule has 0 spiro atoms. The predicted molar refractivity (Wildman–Crippen MR) is 68.1 cm³/mol. The van der Waals surface area contributed by atoms with Crippen LogP contribution in [0.15, 0.2) is 24.3 Å². The highest BCUT2D eigenvalue weighted by atomic mass is 16.5. The zero-order valence-corrected chi connectivity index (χ0v) is 10.6. The van der Waals surface area contributed by atoms with Gasteiger partial charge in [0.05, 0.1) is 12.2 Å². The standard InChI is InChI=1S/C13H21NO3/c1-13(2,3)17-9-11(15)8-16-12-6-4-10(14)5-7-12/h4-7,11,15H,8-9,14H2,1-3H3. The van der Waals surface area contributed by atoms with Gasteiger partial charge >= 0.3 is 0 Å². The number of hydrogen-bond acceptors (Lipinski definition) is 4. The molecule has 0 saturated heterocycles. The van der Waals surface area contributed by atoms with Gasteiger partial charge in [0.2, 0.25) is 0 Å². The van der Waals surface area contributed by atoms with Crippen molar-refractivity contribution < 1.29 is 14.6 Å². The summed E-state index contributed by atoms with van der Waals surface area (Å²) in [5.74, 6) is 0.689. The lowest BCUT2D eigenvalue weighted by Gasteiger charge is -2.22. The van der Waals surface area contributed by atoms with Crippen molar-refractivity contribution in [3.8, 4) is 5.75 Å². The summed E-state index contributed by atoms with van der Waals surface area (Å²) in [5, 5.41) is 9.65. The Bertz CT molecular complexity index is 330. The van der Waals surface area contributed by atoms with E-state index < -0.39 is 6.10 Å². The Hall–Kier alpha value is -1.26. The molecule has 0 fully saturated rings. The van der Waals surface area contributed by atoms with Crippen molar-refractivity contribution in [3.63, 3.8) is 0 Å². The average Bonchev–Trinajstić information content (AvgIpc) is 2.25. The van der Waals surface area contributed by atoms with Gasteiger partial charge in [-0.3, -0.25) is 0 Å². The van der Waals surface area contributed by atoms with E-state index >= 15 is 0 Å². The van der Waals surface area contributed by atoms with Gasteiger partial charge in [0.1, 0.15) is 18.5 Å². The third-order valence-electron chi connectivity index (χ3n) is 2.03. The maximum Gasteiger partial charge on any atom is 0.119 e. The van der Waals surface area contributed by atoms with Crippen LogP contribution in [0.25, 0.3) is 0 Å². The topological polar surface area (TPSA) is 64.7 Å². The molecule has 0 bridgehead atoms. The summed E-state index contributed by atoms with van der Waals surface area (Å²) < 4.78 is 10.9. The minimum Gasteiger partial charge on any atom is -0.491 e. The summed E-state index contributed by atoms with van der Waals surface area (Å²) in [6.45, 7) is 6.31. The molecule has 0 saturated carbocycles. The third kappa shape index (κ3) is 6.14. The van der Waals surface area contributed by atoms with Crippen LogP contribution in [0.2, 0.25) is 0 Å². The fourth-order valence-electron chi connectivity index (χ4n) is 1.15. The molecule has 1 atom stereocenters. The zero-order valence-electron chi connectivity index (χ0n) is 10.6. The molecule has 4 nitrogen and oxygen atoms in total. The second-order valence-corrected chi connectivity index (χ2v) is 4.96. The number of aliphatic hydroxyl groups is 1. The van der Waals surface area contributed by atoms with Gasteiger partial charge in [0.25, 0.3) is 0 Å². The summed E-state index contributed by atoms with van der Waals surface area (Å²) in [6, 6.07) is 7.06. The number of ether oxygens (including phenoxy) is 2. The van der Waals surface area contributed by atoms with Gasteiger partial charge in [-0.05, 0) is 45.0 Å². The Morgan fingerprint density at radius 1 is 1.18 bits per heavy atom. The van der Waals surface area contributed by atoms with Gasteiger partial charge in [-0.15, -0.1) is 0 Å². The molecular weight excluding hydrogens is 218 g/mol. The van der Waals surface area contributed by atoms with Crippen LogP contribution in [0.4, 0.5) is 5.69 Å². The number of nitrogens with two attached hydrogens (primary N) is 1. The lowest BCUT2D eigenvalue weighted by Crippen LogP contribution is -2.29. The van der Waals surface area contributed by atoms with Gasteiger partial charge in [0.15, 0.2) is 0 Å². The first-order chi connectivity index (χ1) is 7.87. The Morgan fingerprint density at radius 2 is 1.76 bits per heavy atom. The first-order valence-corrected chi connectivity index (χ1v) is 5.67. The summed E-state index contributed by atoms with van der Waals surface area (Å²) in [7, 11) is 0. The largest absolute Gasteiger partial charge is 0.491 e. The van der Waals surface area contributed by atoms with Crippen molar-refractivity contribution in [2.45, 2.75) is 32.5 Å². The highest BCUT2D eigenvalue weighted by Crippen LogP contribution is 2.13. The molecule has 4 heteroatoms. The highest BCUT2D eigenvalue weighted by Gasteiger charge is 2.13. The number of aliphatic hydroxyl groups excluding tert-OH is 1. The second kappa shape index (κ2) is 5.89. The maximum atomic E-state index is 9.65. The SMILES string of the molecule is CC(C)(C)OCC(O)COc1ccc(N)cc1. The van der Waals surface area contributed by atoms with Crippen LogP contribution < -0.4 is 10.5 Å². The van der Waals surface area contributed by atoms with E-state index in [9.17, 15) is 5.11 Å². The molecule has 0 radical (unpaired) electrons. The van der Waals surface area contributed by atoms with Crippen LogP contribution in [0.1, 0.15) is 20.8 Å². The third-order valence-corrected chi connectivity index (χ3v) is 2.03. The fraction of sp³-hybridized carbons (Fsp3) is 0.538. The number of rotatable bonds is 5. The van der Waals surface area contributed by atoms with Crippen LogP contribution in [0.5, 0.6) is 5.75 Å². The molecule has 1 unspecified atom stereocenters. The molecule has 0 aromatic heterocycles. The van der Waals surface area contributed by atoms with E-state index in [4.69, 9.17) is 15.2 Å². The number of benzene rings is 1. The number of nitrogen functional groups attached to an aromatic ring is 1. The van der Waals surface area contributed by atoms with Crippen molar-refractivity contribution in [2.75, 3.05) is 18.9 Å². The van der Waals surface area contributed by atoms with E-state index in [2.05, 4.69) is 0 Å². The van der Waals surface area contributed by atoms with Crippen LogP contribution in [0.3, 0.4) is 0 Å². The quantitative estimate of drug-likeness (QED) is 0.769. The Morgan fingerprint density at radius 3 is 2.29 bits per heavy atom. The lowest BCUT2D eigenvalue weighted by molar-refractivity contribution is -0.0586. The molecule has 96 valence electrons. The Balaban J connectivity index is 2.28. The van der Waals surface area contributed by atoms with Crippen molar-refractivity contribution in [2.24, 2.45) is 0 Å². The smallest absolute Gasteiger partial charge is 0.119 e. The fourth-order valence-corrected chi connectivity index (χ4v) is 1.15. The maximum absolute atomic E-state index is 9.65. The summed E-state index contributed by atoms with van der Waals surface area (Å²) in [6.07, 6.45) is -0.633. The monoisotopic (exact) mass is 239 g/mol. The van der Waals surface area contributed by atoms with Gasteiger partial charge in [-0.2, -0.15) is 0 Å². The average molecular weight is 239 g/mol. The molecule has 1 aromatic carbocycles. The zero-order chi connectivity index (χ0) is 12.9. The van der Waals surface area contributed by atoms with Crippen molar-refractivity contribution in [1.29, 1.82) is 0 Å². The van der Waals surface area contributed by atoms with Gasteiger partial charge in [-0.1, -0.05) is 0 Å². The predicted octanol–water partition coefficient (Wildman–Crippen LogP) is 1.82. The molecule has 17 heavy (non-hydrogen) atoms. The Kier molecular flexibility index (Phi) is 4.78. The molecule has 0 aliphatic heterocycles. The van der Waals surface area contributed by atoms with E-state index in [0.29, 0.717) is 11.4 Å². The highest BCUT2D eigenvalue weighted by molar-refractivity contribution is 5.41. The normalized spacial score (nSPS) is 13.4. The summed E-state index contributed by atoms with van der Waals surface area (Å²) >= 11 is 0. The molecule has 1 aromatic rings. The van der Waals surface area contributed by atoms with Gasteiger partial charge < -0.3 is 20.3 Å². The van der Waals surface area contributed by atoms with Gasteiger partial charge in [0, 0.05) is 5.69 Å². The molecule has 0 amide bonds. The van der Waals surface area contributed by atoms with Crippen LogP contribution in [-0.4, -0.2) is 30.0 Å². The van der Waals surface area contributed by atoms with Crippen molar-refractivity contribution >= 4 is 5.69 Å². The minimum absolute atomic E-state index is 0.208.